The summed E-state index contributed by atoms with van der Waals surface area (Å²) in [5.41, 5.74) is 39.3. The Kier molecular flexibility index (Phi) is 45.8. The number of nitrogens with one attached hydrogen (secondary N) is 17. The van der Waals surface area contributed by atoms with Crippen molar-refractivity contribution >= 4 is 142 Å². The third-order valence-electron chi connectivity index (χ3n) is 27.1. The summed E-state index contributed by atoms with van der Waals surface area (Å²) in [7, 11) is 0. The summed E-state index contributed by atoms with van der Waals surface area (Å²) in [6.07, 6.45) is 2.26. The molecule has 6 aliphatic rings. The minimum atomic E-state index is -1.83. The summed E-state index contributed by atoms with van der Waals surface area (Å²) in [4.78, 5) is 314. The molecular weight excluding hydrogens is 1950 g/mol. The molecular formula is C94H148N32O23. The Morgan fingerprint density at radius 1 is 0.450 bits per heavy atom. The lowest BCUT2D eigenvalue weighted by molar-refractivity contribution is -0.151. The first-order valence-electron chi connectivity index (χ1n) is 50.5. The lowest BCUT2D eigenvalue weighted by Gasteiger charge is -2.35. The van der Waals surface area contributed by atoms with Crippen LogP contribution in [0, 0.1) is 34.0 Å². The van der Waals surface area contributed by atoms with Gasteiger partial charge in [0.05, 0.1) is 38.0 Å². The lowest BCUT2D eigenvalue weighted by Crippen LogP contribution is -2.62. The largest absolute Gasteiger partial charge is 0.508 e. The Morgan fingerprint density at radius 2 is 0.872 bits per heavy atom. The first kappa shape index (κ1) is 119. The summed E-state index contributed by atoms with van der Waals surface area (Å²) in [5.74, 6) is -21.6. The first-order valence-corrected chi connectivity index (χ1v) is 50.5. The zero-order valence-corrected chi connectivity index (χ0v) is 85.0. The standard InChI is InChI=1S/C94H148N32O23/c1-7-51(6)75(119-79(136)58(41-52-24-26-54(127)27-25-52)115-84(141)74(50(4)5)118-83(140)66-21-11-34-122(66)85(142)56(17-9-31-107-93(101)102)112-78(135)60(44-71(98)130)114-77(134)59(43-70(97)129)110-72(131)45-95)90(147)125-37-13-20-65(125)81(138)113-57(28-29-69(96)128)86(143)126-38-15-22-67(126)88(145)120(39-32-108-94(103)104)47-73(132)121-33-14-23-68(121)89(146)124-36-12-19-64(124)82(139)116-61(42-53-46-105-48-109-53)87(144)123-35-10-18-63(123)80(137)111-55(16-8-30-106-92(99)100)76(133)117-62(91(148)149)40-49(2)3/h24-27,46,48-51,55-68,74-75,127H,7-23,28-45,47,95H2,1-6H3,(H2,96,128)(H2,97,129)(H2,98,130)(H,105,109)(H,110,131)(H,111,137)(H,112,135)(H,113,138)(H,114,134)(H,115,141)(H,116,139)(H,117,133)(H,118,140)(H,119,136)(H,148,149)(H4,99,100,106)(H4,101,102,107)(H4,103,104,108)/t51-,55-,56-,57-,58-,59-,60-,61-,62-,63-,64-,65-,66-,67-,68-,74-,75-/m0/s1. The van der Waals surface area contributed by atoms with E-state index < -0.39 is 283 Å². The number of aromatic nitrogens is 2. The zero-order chi connectivity index (χ0) is 110. The van der Waals surface area contributed by atoms with Crippen LogP contribution >= 0.6 is 0 Å². The van der Waals surface area contributed by atoms with Gasteiger partial charge in [-0.1, -0.05) is 60.1 Å². The number of phenolic OH excluding ortho intramolecular Hbond substituents is 1. The average Bonchev–Trinajstić information content (AvgIpc) is 1.73. The molecule has 20 amide bonds. The van der Waals surface area contributed by atoms with E-state index in [1.54, 1.807) is 41.5 Å². The molecule has 0 unspecified atom stereocenters. The normalized spacial score (nSPS) is 19.6. The van der Waals surface area contributed by atoms with Crippen LogP contribution in [0.3, 0.4) is 0 Å². The van der Waals surface area contributed by atoms with Crippen molar-refractivity contribution < 1.29 is 111 Å². The number of H-pyrrole nitrogens is 1. The Balaban J connectivity index is 0.950. The number of hydrogen-bond donors (Lipinski definition) is 26. The van der Waals surface area contributed by atoms with Gasteiger partial charge in [-0.2, -0.15) is 0 Å². The summed E-state index contributed by atoms with van der Waals surface area (Å²) in [5, 5.41) is 77.3. The van der Waals surface area contributed by atoms with Gasteiger partial charge in [-0.05, 0) is 151 Å². The van der Waals surface area contributed by atoms with E-state index in [0.717, 1.165) is 9.80 Å². The number of nitrogens with zero attached hydrogens (tertiary/aromatic N) is 8. The van der Waals surface area contributed by atoms with Crippen molar-refractivity contribution in [1.29, 1.82) is 16.2 Å². The lowest BCUT2D eigenvalue weighted by atomic mass is 9.96. The van der Waals surface area contributed by atoms with Gasteiger partial charge in [0.2, 0.25) is 118 Å². The molecule has 149 heavy (non-hydrogen) atoms. The Labute approximate surface area is 861 Å². The smallest absolute Gasteiger partial charge is 0.326 e. The zero-order valence-electron chi connectivity index (χ0n) is 85.0. The second kappa shape index (κ2) is 57.3. The monoisotopic (exact) mass is 2090 g/mol. The second-order valence-corrected chi connectivity index (χ2v) is 39.1. The molecule has 33 N–H and O–H groups in total. The fourth-order valence-corrected chi connectivity index (χ4v) is 19.2. The number of phenols is 1. The number of guanidine groups is 3. The number of aromatic hydroxyl groups is 1. The van der Waals surface area contributed by atoms with Gasteiger partial charge < -0.3 is 159 Å². The molecule has 1 aromatic carbocycles. The molecule has 2 aromatic rings. The van der Waals surface area contributed by atoms with Crippen LogP contribution in [-0.2, 0) is 114 Å². The number of primary amides is 3. The van der Waals surface area contributed by atoms with Crippen molar-refractivity contribution in [3.63, 3.8) is 0 Å². The number of carbonyl (C=O) groups is 21. The molecule has 822 valence electrons. The van der Waals surface area contributed by atoms with Gasteiger partial charge in [0.1, 0.15) is 102 Å². The molecule has 8 rings (SSSR count). The number of amides is 20. The quantitative estimate of drug-likeness (QED) is 0.0166. The molecule has 17 atom stereocenters. The molecule has 0 bridgehead atoms. The van der Waals surface area contributed by atoms with Crippen LogP contribution in [0.25, 0.3) is 0 Å². The second-order valence-electron chi connectivity index (χ2n) is 39.1. The third kappa shape index (κ3) is 35.0. The van der Waals surface area contributed by atoms with E-state index in [2.05, 4.69) is 79.1 Å². The van der Waals surface area contributed by atoms with Gasteiger partial charge in [-0.25, -0.2) is 9.78 Å². The van der Waals surface area contributed by atoms with E-state index in [4.69, 9.17) is 56.4 Å². The van der Waals surface area contributed by atoms with Gasteiger partial charge in [-0.3, -0.25) is 112 Å². The van der Waals surface area contributed by atoms with E-state index >= 15 is 28.8 Å². The third-order valence-corrected chi connectivity index (χ3v) is 27.1. The maximum absolute atomic E-state index is 15.4. The van der Waals surface area contributed by atoms with Crippen LogP contribution in [0.4, 0.5) is 0 Å². The van der Waals surface area contributed by atoms with Gasteiger partial charge in [0.15, 0.2) is 17.9 Å². The van der Waals surface area contributed by atoms with E-state index in [-0.39, 0.29) is 192 Å². The Hall–Kier alpha value is -15.1. The number of benzene rings is 1. The van der Waals surface area contributed by atoms with Crippen LogP contribution in [0.15, 0.2) is 36.8 Å². The van der Waals surface area contributed by atoms with Crippen molar-refractivity contribution in [1.82, 2.24) is 113 Å². The van der Waals surface area contributed by atoms with Crippen molar-refractivity contribution in [3.05, 3.63) is 48.0 Å². The number of aliphatic carboxylic acids is 1. The Morgan fingerprint density at radius 3 is 1.36 bits per heavy atom. The van der Waals surface area contributed by atoms with Crippen LogP contribution in [0.1, 0.15) is 194 Å². The van der Waals surface area contributed by atoms with Crippen LogP contribution in [0.5, 0.6) is 5.75 Å². The molecule has 6 aliphatic heterocycles. The highest BCUT2D eigenvalue weighted by atomic mass is 16.4. The van der Waals surface area contributed by atoms with Crippen molar-refractivity contribution in [2.45, 2.75) is 292 Å². The molecule has 6 saturated heterocycles. The van der Waals surface area contributed by atoms with Crippen molar-refractivity contribution in [2.24, 2.45) is 57.9 Å². The predicted molar refractivity (Wildman–Crippen MR) is 533 cm³/mol. The fourth-order valence-electron chi connectivity index (χ4n) is 19.2. The number of carbonyl (C=O) groups excluding carboxylic acids is 20. The predicted octanol–water partition coefficient (Wildman–Crippen LogP) is -8.66. The molecule has 55 heteroatoms. The molecule has 0 spiro atoms. The molecule has 0 saturated carbocycles. The Bertz CT molecular complexity index is 5150. The van der Waals surface area contributed by atoms with Crippen LogP contribution in [0.2, 0.25) is 0 Å². The number of rotatable bonds is 56. The first-order chi connectivity index (χ1) is 70.6. The topological polar surface area (TPSA) is 860 Å². The number of hydrogen-bond acceptors (Lipinski definition) is 27. The molecule has 0 radical (unpaired) electrons. The van der Waals surface area contributed by atoms with Crippen LogP contribution < -0.4 is 109 Å². The van der Waals surface area contributed by atoms with E-state index in [9.17, 15) is 82.1 Å². The highest BCUT2D eigenvalue weighted by Gasteiger charge is 2.50. The number of nitrogens with two attached hydrogens (primary N) is 7. The number of carboxylic acid groups (broad SMARTS) is 1. The van der Waals surface area contributed by atoms with Gasteiger partial charge in [0.25, 0.3) is 0 Å². The summed E-state index contributed by atoms with van der Waals surface area (Å²) in [6.45, 7) is 8.34. The minimum absolute atomic E-state index is 0.00739. The van der Waals surface area contributed by atoms with Gasteiger partial charge in [-0.15, -0.1) is 0 Å². The molecule has 0 aliphatic carbocycles. The van der Waals surface area contributed by atoms with Gasteiger partial charge in [0, 0.05) is 90.9 Å². The molecule has 6 fully saturated rings. The molecule has 1 aromatic heterocycles. The maximum Gasteiger partial charge on any atom is 0.326 e. The van der Waals surface area contributed by atoms with E-state index in [1.165, 1.54) is 61.3 Å². The van der Waals surface area contributed by atoms with Gasteiger partial charge >= 0.3 is 5.97 Å². The fraction of sp³-hybridized carbons (Fsp3) is 0.649. The SMILES string of the molecule is CC[C@H](C)[C@H](NC(=O)[C@H](Cc1ccc(O)cc1)NC(=O)[C@@H](NC(=O)[C@@H]1CCCN1C(=O)[C@H](CCCNC(=N)N)NC(=O)[C@H](CC(N)=O)NC(=O)[C@H](CC(N)=O)NC(=O)CN)C(C)C)C(=O)N1CCC[C@H]1C(=O)N[C@@H](CCC(N)=O)C(=O)N1CCC[C@H]1C(=O)N(CCNC(=N)N)CC(=O)N1CCC[C@H]1C(=O)N1CCC[C@H]1C(=O)N[C@@H](Cc1c[nH]cn1)C(=O)N1CCC[C@H]1C(=O)N[C@@H](CCCNC(=N)N)C(=O)N[C@@H](CC(C)C)C(=O)O. The minimum Gasteiger partial charge on any atom is -0.508 e. The number of imidazole rings is 1. The van der Waals surface area contributed by atoms with Crippen LogP contribution in [-0.4, -0.2) is 372 Å². The number of likely N-dealkylation sites (tertiary alicyclic amines) is 6. The summed E-state index contributed by atoms with van der Waals surface area (Å²) >= 11 is 0. The highest BCUT2D eigenvalue weighted by Crippen LogP contribution is 2.31. The van der Waals surface area contributed by atoms with Crippen molar-refractivity contribution in [3.8, 4) is 5.75 Å². The van der Waals surface area contributed by atoms with E-state index in [1.807, 2.05) is 0 Å². The average molecular weight is 2090 g/mol. The highest BCUT2D eigenvalue weighted by molar-refractivity contribution is 6.03. The summed E-state index contributed by atoms with van der Waals surface area (Å²) in [6, 6.07) is -16.9. The maximum atomic E-state index is 15.4. The number of aromatic amines is 1. The molecule has 55 nitrogen and oxygen atoms in total. The molecule has 7 heterocycles. The number of carboxylic acids is 1. The van der Waals surface area contributed by atoms with Crippen molar-refractivity contribution in [2.75, 3.05) is 78.5 Å². The van der Waals surface area contributed by atoms with E-state index in [0.29, 0.717) is 30.5 Å². The summed E-state index contributed by atoms with van der Waals surface area (Å²) < 4.78 is 0.